The number of phenolic OH excluding ortho intramolecular Hbond substituents is 1. The van der Waals surface area contributed by atoms with Gasteiger partial charge < -0.3 is 20.1 Å². The smallest absolute Gasteiger partial charge is 0.137 e. The summed E-state index contributed by atoms with van der Waals surface area (Å²) in [4.78, 5) is 2.11. The number of aromatic hydroxyl groups is 1. The fourth-order valence-electron chi connectivity index (χ4n) is 3.63. The number of hydrogen-bond donors (Lipinski definition) is 3. The molecule has 2 atom stereocenters. The third-order valence-electron chi connectivity index (χ3n) is 5.52. The molecular weight excluding hydrogens is 342 g/mol. The molecule has 0 aliphatic carbocycles. The van der Waals surface area contributed by atoms with Gasteiger partial charge >= 0.3 is 0 Å². The summed E-state index contributed by atoms with van der Waals surface area (Å²) in [5, 5.41) is 30.9. The standard InChI is InChI=1S/C22H29NO4/c1-15-4-5-16(2)21(17(15)3)27-14-22(26)13-23(11-10-20(22)25)12-18-6-8-19(24)9-7-18/h4-9,20,24-26H,10-14H2,1-3H3/t20-,22-/m0/s1. The molecule has 3 N–H and O–H groups in total. The average Bonchev–Trinajstić information content (AvgIpc) is 2.63. The molecule has 0 aromatic heterocycles. The van der Waals surface area contributed by atoms with Crippen LogP contribution in [0, 0.1) is 20.8 Å². The highest BCUT2D eigenvalue weighted by Gasteiger charge is 2.42. The van der Waals surface area contributed by atoms with Gasteiger partial charge in [0.1, 0.15) is 23.7 Å². The van der Waals surface area contributed by atoms with Gasteiger partial charge in [0.15, 0.2) is 0 Å². The summed E-state index contributed by atoms with van der Waals surface area (Å²) in [6, 6.07) is 11.1. The van der Waals surface area contributed by atoms with E-state index in [-0.39, 0.29) is 12.4 Å². The van der Waals surface area contributed by atoms with Gasteiger partial charge in [-0.25, -0.2) is 0 Å². The molecule has 2 aromatic carbocycles. The first-order chi connectivity index (χ1) is 12.8. The molecule has 1 aliphatic heterocycles. The number of aryl methyl sites for hydroxylation is 2. The van der Waals surface area contributed by atoms with Gasteiger partial charge in [0, 0.05) is 19.6 Å². The molecule has 0 amide bonds. The second kappa shape index (κ2) is 7.89. The predicted octanol–water partition coefficient (Wildman–Crippen LogP) is 2.69. The molecule has 27 heavy (non-hydrogen) atoms. The van der Waals surface area contributed by atoms with E-state index in [1.54, 1.807) is 12.1 Å². The van der Waals surface area contributed by atoms with Gasteiger partial charge in [-0.1, -0.05) is 24.3 Å². The summed E-state index contributed by atoms with van der Waals surface area (Å²) >= 11 is 0. The van der Waals surface area contributed by atoms with Crippen LogP contribution < -0.4 is 4.74 Å². The monoisotopic (exact) mass is 371 g/mol. The molecule has 1 fully saturated rings. The Kier molecular flexibility index (Phi) is 5.75. The van der Waals surface area contributed by atoms with Crippen LogP contribution in [0.1, 0.15) is 28.7 Å². The van der Waals surface area contributed by atoms with Crippen molar-refractivity contribution in [1.82, 2.24) is 4.90 Å². The Morgan fingerprint density at radius 3 is 2.44 bits per heavy atom. The molecule has 2 aromatic rings. The highest BCUT2D eigenvalue weighted by Crippen LogP contribution is 2.29. The first kappa shape index (κ1) is 19.7. The van der Waals surface area contributed by atoms with Gasteiger partial charge in [-0.15, -0.1) is 0 Å². The van der Waals surface area contributed by atoms with Gasteiger partial charge in [0.25, 0.3) is 0 Å². The Labute approximate surface area is 160 Å². The number of aliphatic hydroxyl groups is 2. The summed E-state index contributed by atoms with van der Waals surface area (Å²) in [5.41, 5.74) is 2.95. The number of nitrogens with zero attached hydrogens (tertiary/aromatic N) is 1. The number of piperidine rings is 1. The molecule has 146 valence electrons. The summed E-state index contributed by atoms with van der Waals surface area (Å²) in [5.74, 6) is 1.02. The maximum atomic E-state index is 11.1. The third kappa shape index (κ3) is 4.43. The Morgan fingerprint density at radius 2 is 1.74 bits per heavy atom. The minimum atomic E-state index is -1.32. The minimum Gasteiger partial charge on any atom is -0.508 e. The molecule has 0 unspecified atom stereocenters. The van der Waals surface area contributed by atoms with Crippen LogP contribution >= 0.6 is 0 Å². The maximum Gasteiger partial charge on any atom is 0.137 e. The lowest BCUT2D eigenvalue weighted by atomic mass is 9.90. The number of likely N-dealkylation sites (tertiary alicyclic amines) is 1. The van der Waals surface area contributed by atoms with Crippen molar-refractivity contribution >= 4 is 0 Å². The minimum absolute atomic E-state index is 0.0470. The number of rotatable bonds is 5. The van der Waals surface area contributed by atoms with Gasteiger partial charge in [-0.3, -0.25) is 4.90 Å². The number of phenols is 1. The molecule has 0 saturated carbocycles. The molecule has 5 nitrogen and oxygen atoms in total. The summed E-state index contributed by atoms with van der Waals surface area (Å²) in [7, 11) is 0. The Balaban J connectivity index is 1.69. The lowest BCUT2D eigenvalue weighted by molar-refractivity contribution is -0.140. The van der Waals surface area contributed by atoms with E-state index in [0.717, 1.165) is 28.0 Å². The second-order valence-electron chi connectivity index (χ2n) is 7.73. The average molecular weight is 371 g/mol. The van der Waals surface area contributed by atoms with Crippen molar-refractivity contribution < 1.29 is 20.1 Å². The van der Waals surface area contributed by atoms with E-state index in [0.29, 0.717) is 26.1 Å². The molecule has 1 aliphatic rings. The summed E-state index contributed by atoms with van der Waals surface area (Å²) < 4.78 is 6.01. The molecule has 5 heteroatoms. The van der Waals surface area contributed by atoms with E-state index in [2.05, 4.69) is 11.0 Å². The van der Waals surface area contributed by atoms with Crippen molar-refractivity contribution in [3.05, 3.63) is 58.7 Å². The van der Waals surface area contributed by atoms with Gasteiger partial charge in [0.05, 0.1) is 6.10 Å². The maximum absolute atomic E-state index is 11.1. The topological polar surface area (TPSA) is 73.2 Å². The van der Waals surface area contributed by atoms with Crippen LogP contribution in [-0.4, -0.2) is 51.6 Å². The molecule has 0 bridgehead atoms. The number of hydrogen-bond acceptors (Lipinski definition) is 5. The zero-order chi connectivity index (χ0) is 19.6. The van der Waals surface area contributed by atoms with E-state index >= 15 is 0 Å². The lowest BCUT2D eigenvalue weighted by Gasteiger charge is -2.42. The Morgan fingerprint density at radius 1 is 1.07 bits per heavy atom. The van der Waals surface area contributed by atoms with Crippen LogP contribution in [0.5, 0.6) is 11.5 Å². The highest BCUT2D eigenvalue weighted by atomic mass is 16.5. The summed E-state index contributed by atoms with van der Waals surface area (Å²) in [6.07, 6.45) is -0.331. The Hall–Kier alpha value is -2.08. The first-order valence-electron chi connectivity index (χ1n) is 9.39. The lowest BCUT2D eigenvalue weighted by Crippen LogP contribution is -2.59. The van der Waals surface area contributed by atoms with Crippen LogP contribution in [-0.2, 0) is 6.54 Å². The van der Waals surface area contributed by atoms with E-state index in [9.17, 15) is 15.3 Å². The van der Waals surface area contributed by atoms with E-state index in [1.807, 2.05) is 39.0 Å². The highest BCUT2D eigenvalue weighted by molar-refractivity contribution is 5.44. The largest absolute Gasteiger partial charge is 0.508 e. The number of ether oxygens (including phenoxy) is 1. The SMILES string of the molecule is Cc1ccc(C)c(OC[C@@]2(O)CN(Cc3ccc(O)cc3)CC[C@@H]2O)c1C. The van der Waals surface area contributed by atoms with Crippen LogP contribution in [0.4, 0.5) is 0 Å². The van der Waals surface area contributed by atoms with Crippen molar-refractivity contribution in [3.8, 4) is 11.5 Å². The van der Waals surface area contributed by atoms with Crippen LogP contribution in [0.3, 0.4) is 0 Å². The van der Waals surface area contributed by atoms with E-state index in [1.165, 1.54) is 0 Å². The van der Waals surface area contributed by atoms with Crippen molar-refractivity contribution in [2.45, 2.75) is 45.4 Å². The predicted molar refractivity (Wildman–Crippen MR) is 105 cm³/mol. The number of β-amino-alcohol motifs (C(OH)–C–C–N with tert-alkyl or cyclic N) is 1. The number of benzene rings is 2. The van der Waals surface area contributed by atoms with Crippen molar-refractivity contribution in [2.24, 2.45) is 0 Å². The first-order valence-corrected chi connectivity index (χ1v) is 9.39. The van der Waals surface area contributed by atoms with E-state index in [4.69, 9.17) is 4.74 Å². The van der Waals surface area contributed by atoms with Crippen molar-refractivity contribution in [3.63, 3.8) is 0 Å². The fourth-order valence-corrected chi connectivity index (χ4v) is 3.63. The van der Waals surface area contributed by atoms with E-state index < -0.39 is 11.7 Å². The van der Waals surface area contributed by atoms with Gasteiger partial charge in [-0.05, 0) is 61.6 Å². The van der Waals surface area contributed by atoms with Crippen LogP contribution in [0.25, 0.3) is 0 Å². The zero-order valence-corrected chi connectivity index (χ0v) is 16.3. The fraction of sp³-hybridized carbons (Fsp3) is 0.455. The van der Waals surface area contributed by atoms with Crippen LogP contribution in [0.2, 0.25) is 0 Å². The number of aliphatic hydroxyl groups excluding tert-OH is 1. The third-order valence-corrected chi connectivity index (χ3v) is 5.52. The molecule has 3 rings (SSSR count). The van der Waals surface area contributed by atoms with Gasteiger partial charge in [-0.2, -0.15) is 0 Å². The summed E-state index contributed by atoms with van der Waals surface area (Å²) in [6.45, 7) is 7.76. The normalized spacial score (nSPS) is 23.4. The van der Waals surface area contributed by atoms with Gasteiger partial charge in [0.2, 0.25) is 0 Å². The molecule has 0 spiro atoms. The quantitative estimate of drug-likeness (QED) is 0.754. The molecule has 1 saturated heterocycles. The second-order valence-corrected chi connectivity index (χ2v) is 7.73. The molecular formula is C22H29NO4. The van der Waals surface area contributed by atoms with Crippen LogP contribution in [0.15, 0.2) is 36.4 Å². The Bertz CT molecular complexity index is 790. The van der Waals surface area contributed by atoms with Crippen molar-refractivity contribution in [2.75, 3.05) is 19.7 Å². The molecule has 0 radical (unpaired) electrons. The molecule has 1 heterocycles. The zero-order valence-electron chi connectivity index (χ0n) is 16.3. The van der Waals surface area contributed by atoms with Crippen molar-refractivity contribution in [1.29, 1.82) is 0 Å².